The highest BCUT2D eigenvalue weighted by molar-refractivity contribution is 8.00. The molecule has 0 fully saturated rings. The van der Waals surface area contributed by atoms with Crippen LogP contribution in [0, 0.1) is 0 Å². The van der Waals surface area contributed by atoms with Crippen molar-refractivity contribution in [2.24, 2.45) is 7.05 Å². The number of rotatable bonds is 4. The molecule has 1 unspecified atom stereocenters. The van der Waals surface area contributed by atoms with Crippen LogP contribution >= 0.6 is 11.8 Å². The van der Waals surface area contributed by atoms with Crippen LogP contribution < -0.4 is 5.32 Å². The minimum atomic E-state index is -0.269. The van der Waals surface area contributed by atoms with Crippen LogP contribution in [0.15, 0.2) is 36.0 Å². The van der Waals surface area contributed by atoms with Gasteiger partial charge in [0.2, 0.25) is 11.9 Å². The molecule has 1 atom stereocenters. The summed E-state index contributed by atoms with van der Waals surface area (Å²) in [6, 6.07) is 1.70. The zero-order chi connectivity index (χ0) is 13.0. The molecule has 0 aromatic carbocycles. The second-order valence-corrected chi connectivity index (χ2v) is 4.95. The lowest BCUT2D eigenvalue weighted by Gasteiger charge is -2.10. The summed E-state index contributed by atoms with van der Waals surface area (Å²) in [5.41, 5.74) is 0. The monoisotopic (exact) mass is 263 g/mol. The molecule has 0 saturated carbocycles. The first kappa shape index (κ1) is 12.6. The molecule has 0 radical (unpaired) electrons. The molecule has 1 amide bonds. The van der Waals surface area contributed by atoms with E-state index in [-0.39, 0.29) is 11.2 Å². The molecule has 6 nitrogen and oxygen atoms in total. The SMILES string of the molecule is CC(Sc1nccn1C)C(=O)Nc1ncccn1. The molecular weight excluding hydrogens is 250 g/mol. The summed E-state index contributed by atoms with van der Waals surface area (Å²) in [5.74, 6) is 0.170. The third-order valence-corrected chi connectivity index (χ3v) is 3.40. The smallest absolute Gasteiger partial charge is 0.240 e. The van der Waals surface area contributed by atoms with Gasteiger partial charge in [0, 0.05) is 31.8 Å². The topological polar surface area (TPSA) is 72.7 Å². The van der Waals surface area contributed by atoms with Crippen LogP contribution in [0.3, 0.4) is 0 Å². The number of aromatic nitrogens is 4. The Morgan fingerprint density at radius 2 is 2.06 bits per heavy atom. The number of amides is 1. The largest absolute Gasteiger partial charge is 0.329 e. The molecule has 2 rings (SSSR count). The van der Waals surface area contributed by atoms with E-state index in [4.69, 9.17) is 0 Å². The van der Waals surface area contributed by atoms with Crippen molar-refractivity contribution in [1.82, 2.24) is 19.5 Å². The number of hydrogen-bond acceptors (Lipinski definition) is 5. The van der Waals surface area contributed by atoms with E-state index in [1.165, 1.54) is 11.8 Å². The molecule has 1 N–H and O–H groups in total. The van der Waals surface area contributed by atoms with Crippen molar-refractivity contribution < 1.29 is 4.79 Å². The highest BCUT2D eigenvalue weighted by Crippen LogP contribution is 2.21. The first-order valence-electron chi connectivity index (χ1n) is 5.38. The average Bonchev–Trinajstić information content (AvgIpc) is 2.76. The first-order valence-corrected chi connectivity index (χ1v) is 6.26. The molecular formula is C11H13N5OS. The minimum absolute atomic E-state index is 0.144. The highest BCUT2D eigenvalue weighted by atomic mass is 32.2. The maximum absolute atomic E-state index is 11.9. The molecule has 18 heavy (non-hydrogen) atoms. The Labute approximate surface area is 109 Å². The van der Waals surface area contributed by atoms with Gasteiger partial charge in [0.05, 0.1) is 5.25 Å². The van der Waals surface area contributed by atoms with Crippen molar-refractivity contribution in [3.8, 4) is 0 Å². The van der Waals surface area contributed by atoms with Gasteiger partial charge in [0.15, 0.2) is 5.16 Å². The maximum Gasteiger partial charge on any atom is 0.240 e. The van der Waals surface area contributed by atoms with E-state index in [2.05, 4.69) is 20.3 Å². The van der Waals surface area contributed by atoms with Gasteiger partial charge in [-0.3, -0.25) is 10.1 Å². The van der Waals surface area contributed by atoms with Gasteiger partial charge in [-0.15, -0.1) is 0 Å². The number of nitrogens with one attached hydrogen (secondary N) is 1. The Hall–Kier alpha value is -1.89. The molecule has 0 aliphatic heterocycles. The minimum Gasteiger partial charge on any atom is -0.329 e. The summed E-state index contributed by atoms with van der Waals surface area (Å²) >= 11 is 1.39. The van der Waals surface area contributed by atoms with Gasteiger partial charge < -0.3 is 4.57 Å². The molecule has 94 valence electrons. The lowest BCUT2D eigenvalue weighted by Crippen LogP contribution is -2.23. The maximum atomic E-state index is 11.9. The molecule has 0 bridgehead atoms. The molecule has 0 aliphatic carbocycles. The highest BCUT2D eigenvalue weighted by Gasteiger charge is 2.17. The fourth-order valence-electron chi connectivity index (χ4n) is 1.25. The number of carbonyl (C=O) groups excluding carboxylic acids is 1. The van der Waals surface area contributed by atoms with Gasteiger partial charge in [-0.25, -0.2) is 15.0 Å². The number of nitrogens with zero attached hydrogens (tertiary/aromatic N) is 4. The van der Waals surface area contributed by atoms with Crippen LogP contribution in [-0.4, -0.2) is 30.7 Å². The van der Waals surface area contributed by atoms with Crippen LogP contribution in [0.2, 0.25) is 0 Å². The Kier molecular flexibility index (Phi) is 3.93. The third kappa shape index (κ3) is 3.07. The summed E-state index contributed by atoms with van der Waals surface area (Å²) in [5, 5.41) is 3.18. The number of aryl methyl sites for hydroxylation is 1. The van der Waals surface area contributed by atoms with Gasteiger partial charge in [0.25, 0.3) is 0 Å². The van der Waals surface area contributed by atoms with E-state index in [0.717, 1.165) is 5.16 Å². The van der Waals surface area contributed by atoms with Crippen LogP contribution in [0.5, 0.6) is 0 Å². The Balaban J connectivity index is 1.95. The lowest BCUT2D eigenvalue weighted by molar-refractivity contribution is -0.115. The van der Waals surface area contributed by atoms with E-state index in [9.17, 15) is 4.79 Å². The summed E-state index contributed by atoms with van der Waals surface area (Å²) in [6.45, 7) is 1.82. The zero-order valence-electron chi connectivity index (χ0n) is 10.1. The number of hydrogen-bond donors (Lipinski definition) is 1. The second-order valence-electron chi connectivity index (χ2n) is 3.64. The van der Waals surface area contributed by atoms with Gasteiger partial charge >= 0.3 is 0 Å². The van der Waals surface area contributed by atoms with Crippen molar-refractivity contribution in [1.29, 1.82) is 0 Å². The van der Waals surface area contributed by atoms with Crippen LogP contribution in [0.4, 0.5) is 5.95 Å². The van der Waals surface area contributed by atoms with E-state index in [1.807, 2.05) is 24.7 Å². The van der Waals surface area contributed by atoms with Crippen LogP contribution in [-0.2, 0) is 11.8 Å². The predicted octanol–water partition coefficient (Wildman–Crippen LogP) is 1.33. The average molecular weight is 263 g/mol. The first-order chi connectivity index (χ1) is 8.66. The van der Waals surface area contributed by atoms with Gasteiger partial charge in [0.1, 0.15) is 0 Å². The normalized spacial score (nSPS) is 12.1. The zero-order valence-corrected chi connectivity index (χ0v) is 10.9. The summed E-state index contributed by atoms with van der Waals surface area (Å²) in [4.78, 5) is 23.9. The molecule has 7 heteroatoms. The van der Waals surface area contributed by atoms with Gasteiger partial charge in [-0.05, 0) is 13.0 Å². The Morgan fingerprint density at radius 3 is 2.67 bits per heavy atom. The fraction of sp³-hybridized carbons (Fsp3) is 0.273. The standard InChI is InChI=1S/C11H13N5OS/c1-8(18-11-14-6-7-16(11)2)9(17)15-10-12-4-3-5-13-10/h3-8H,1-2H3,(H,12,13,15,17). The Morgan fingerprint density at radius 1 is 1.33 bits per heavy atom. The molecule has 0 spiro atoms. The summed E-state index contributed by atoms with van der Waals surface area (Å²) < 4.78 is 1.87. The number of thioether (sulfide) groups is 1. The summed E-state index contributed by atoms with van der Waals surface area (Å²) in [6.07, 6.45) is 6.71. The number of anilines is 1. The molecule has 2 heterocycles. The quantitative estimate of drug-likeness (QED) is 0.842. The van der Waals surface area contributed by atoms with E-state index in [0.29, 0.717) is 5.95 Å². The molecule has 0 aliphatic rings. The number of carbonyl (C=O) groups is 1. The van der Waals surface area contributed by atoms with E-state index < -0.39 is 0 Å². The third-order valence-electron chi connectivity index (χ3n) is 2.23. The predicted molar refractivity (Wildman–Crippen MR) is 69.2 cm³/mol. The van der Waals surface area contributed by atoms with Crippen LogP contribution in [0.1, 0.15) is 6.92 Å². The van der Waals surface area contributed by atoms with Crippen LogP contribution in [0.25, 0.3) is 0 Å². The summed E-state index contributed by atoms with van der Waals surface area (Å²) in [7, 11) is 1.89. The van der Waals surface area contributed by atoms with Crippen molar-refractivity contribution in [2.75, 3.05) is 5.32 Å². The van der Waals surface area contributed by atoms with Crippen molar-refractivity contribution in [3.05, 3.63) is 30.9 Å². The van der Waals surface area contributed by atoms with Gasteiger partial charge in [-0.1, -0.05) is 11.8 Å². The molecule has 0 saturated heterocycles. The fourth-order valence-corrected chi connectivity index (χ4v) is 2.08. The Bertz CT molecular complexity index is 527. The number of imidazole rings is 1. The second kappa shape index (κ2) is 5.63. The lowest BCUT2D eigenvalue weighted by atomic mass is 10.4. The van der Waals surface area contributed by atoms with Crippen molar-refractivity contribution >= 4 is 23.6 Å². The van der Waals surface area contributed by atoms with Crippen molar-refractivity contribution in [3.63, 3.8) is 0 Å². The van der Waals surface area contributed by atoms with Crippen molar-refractivity contribution in [2.45, 2.75) is 17.3 Å². The van der Waals surface area contributed by atoms with Gasteiger partial charge in [-0.2, -0.15) is 0 Å². The molecule has 2 aromatic heterocycles. The van der Waals surface area contributed by atoms with E-state index >= 15 is 0 Å². The van der Waals surface area contributed by atoms with E-state index in [1.54, 1.807) is 24.7 Å². The molecule has 2 aromatic rings.